The summed E-state index contributed by atoms with van der Waals surface area (Å²) < 4.78 is 63.2. The van der Waals surface area contributed by atoms with Gasteiger partial charge in [0.1, 0.15) is 0 Å². The Morgan fingerprint density at radius 1 is 1.15 bits per heavy atom. The van der Waals surface area contributed by atoms with Gasteiger partial charge >= 0.3 is 6.18 Å². The van der Waals surface area contributed by atoms with Gasteiger partial charge in [-0.3, -0.25) is 4.98 Å². The summed E-state index contributed by atoms with van der Waals surface area (Å²) in [6, 6.07) is 10.1. The molecule has 1 aliphatic heterocycles. The minimum absolute atomic E-state index is 0.280. The lowest BCUT2D eigenvalue weighted by molar-refractivity contribution is -0.137. The lowest BCUT2D eigenvalue weighted by Gasteiger charge is -2.22. The van der Waals surface area contributed by atoms with E-state index in [1.807, 2.05) is 0 Å². The van der Waals surface area contributed by atoms with Crippen molar-refractivity contribution in [2.75, 3.05) is 12.8 Å². The maximum absolute atomic E-state index is 12.6. The Morgan fingerprint density at radius 2 is 1.85 bits per heavy atom. The number of nitrogens with zero attached hydrogens (tertiary/aromatic N) is 2. The van der Waals surface area contributed by atoms with Crippen molar-refractivity contribution in [2.45, 2.75) is 31.5 Å². The van der Waals surface area contributed by atoms with E-state index in [9.17, 15) is 21.6 Å². The molecule has 0 aliphatic carbocycles. The molecule has 1 aromatic carbocycles. The molecule has 26 heavy (non-hydrogen) atoms. The van der Waals surface area contributed by atoms with Crippen molar-refractivity contribution in [1.82, 2.24) is 9.29 Å². The summed E-state index contributed by atoms with van der Waals surface area (Å²) in [6.45, 7) is 0.480. The number of hydrogen-bond donors (Lipinski definition) is 0. The predicted octanol–water partition coefficient (Wildman–Crippen LogP) is 3.79. The van der Waals surface area contributed by atoms with Gasteiger partial charge in [0.25, 0.3) is 0 Å². The number of aromatic nitrogens is 1. The Hall–Kier alpha value is -1.93. The molecule has 0 N–H and O–H groups in total. The Morgan fingerprint density at radius 3 is 2.46 bits per heavy atom. The number of alkyl halides is 3. The third-order valence-electron chi connectivity index (χ3n) is 4.47. The molecular weight excluding hydrogens is 365 g/mol. The molecule has 140 valence electrons. The molecule has 0 saturated carbocycles. The van der Waals surface area contributed by atoms with Gasteiger partial charge < -0.3 is 0 Å². The molecule has 4 nitrogen and oxygen atoms in total. The lowest BCUT2D eigenvalue weighted by Crippen LogP contribution is -2.30. The molecular formula is C18H19F3N2O2S. The summed E-state index contributed by atoms with van der Waals surface area (Å²) in [5.74, 6) is 0. The first kappa shape index (κ1) is 18.8. The van der Waals surface area contributed by atoms with Crippen LogP contribution in [0.4, 0.5) is 13.2 Å². The monoisotopic (exact) mass is 384 g/mol. The standard InChI is InChI=1S/C18H19F3N2O2S/c1-26(24,25)23-11-3-6-17(23)16-5-2-4-15(22-16)12-13-7-9-14(10-8-13)18(19,20)21/h2,4-5,7-10,17H,3,6,11-12H2,1H3/t17-/m1/s1. The molecule has 0 radical (unpaired) electrons. The van der Waals surface area contributed by atoms with E-state index in [1.165, 1.54) is 22.7 Å². The Bertz CT molecular complexity index is 880. The van der Waals surface area contributed by atoms with E-state index in [0.717, 1.165) is 18.6 Å². The van der Waals surface area contributed by atoms with Crippen molar-refractivity contribution >= 4 is 10.0 Å². The second-order valence-corrected chi connectivity index (χ2v) is 8.39. The van der Waals surface area contributed by atoms with E-state index < -0.39 is 21.8 Å². The van der Waals surface area contributed by atoms with Crippen LogP contribution >= 0.6 is 0 Å². The van der Waals surface area contributed by atoms with E-state index in [1.54, 1.807) is 18.2 Å². The highest BCUT2D eigenvalue weighted by molar-refractivity contribution is 7.88. The normalized spacial score (nSPS) is 19.0. The molecule has 0 amide bonds. The van der Waals surface area contributed by atoms with Crippen molar-refractivity contribution in [2.24, 2.45) is 0 Å². The van der Waals surface area contributed by atoms with Crippen LogP contribution in [0.1, 0.15) is 41.4 Å². The summed E-state index contributed by atoms with van der Waals surface area (Å²) in [6.07, 6.45) is -1.28. The fraction of sp³-hybridized carbons (Fsp3) is 0.389. The number of pyridine rings is 1. The second kappa shape index (κ2) is 7.00. The average Bonchev–Trinajstić information content (AvgIpc) is 3.05. The first-order chi connectivity index (χ1) is 12.1. The predicted molar refractivity (Wildman–Crippen MR) is 92.0 cm³/mol. The summed E-state index contributed by atoms with van der Waals surface area (Å²) in [5, 5.41) is 0. The first-order valence-corrected chi connectivity index (χ1v) is 10.1. The molecule has 3 rings (SSSR count). The fourth-order valence-electron chi connectivity index (χ4n) is 3.24. The van der Waals surface area contributed by atoms with Crippen molar-refractivity contribution < 1.29 is 21.6 Å². The lowest BCUT2D eigenvalue weighted by atomic mass is 10.1. The number of rotatable bonds is 4. The second-order valence-electron chi connectivity index (χ2n) is 6.46. The quantitative estimate of drug-likeness (QED) is 0.806. The Balaban J connectivity index is 1.80. The van der Waals surface area contributed by atoms with Crippen LogP contribution in [0, 0.1) is 0 Å². The van der Waals surface area contributed by atoms with Crippen molar-refractivity contribution in [1.29, 1.82) is 0 Å². The number of benzene rings is 1. The van der Waals surface area contributed by atoms with Crippen LogP contribution in [-0.2, 0) is 22.6 Å². The van der Waals surface area contributed by atoms with E-state index >= 15 is 0 Å². The zero-order valence-corrected chi connectivity index (χ0v) is 15.0. The maximum atomic E-state index is 12.6. The van der Waals surface area contributed by atoms with E-state index in [2.05, 4.69) is 4.98 Å². The van der Waals surface area contributed by atoms with E-state index in [-0.39, 0.29) is 6.04 Å². The number of sulfonamides is 1. The molecule has 0 bridgehead atoms. The minimum Gasteiger partial charge on any atom is -0.256 e. The van der Waals surface area contributed by atoms with Crippen LogP contribution < -0.4 is 0 Å². The van der Waals surface area contributed by atoms with Gasteiger partial charge in [0.2, 0.25) is 10.0 Å². The maximum Gasteiger partial charge on any atom is 0.416 e. The van der Waals surface area contributed by atoms with Gasteiger partial charge in [0, 0.05) is 18.7 Å². The van der Waals surface area contributed by atoms with Crippen molar-refractivity contribution in [3.05, 3.63) is 65.0 Å². The SMILES string of the molecule is CS(=O)(=O)N1CCC[C@@H]1c1cccc(Cc2ccc(C(F)(F)F)cc2)n1. The van der Waals surface area contributed by atoms with E-state index in [4.69, 9.17) is 0 Å². The molecule has 1 aromatic heterocycles. The minimum atomic E-state index is -4.35. The molecule has 0 unspecified atom stereocenters. The first-order valence-electron chi connectivity index (χ1n) is 8.23. The number of halogens is 3. The Kier molecular flexibility index (Phi) is 5.07. The van der Waals surface area contributed by atoms with Crippen LogP contribution in [-0.4, -0.2) is 30.5 Å². The van der Waals surface area contributed by atoms with Crippen LogP contribution in [0.25, 0.3) is 0 Å². The van der Waals surface area contributed by atoms with Gasteiger partial charge in [-0.05, 0) is 42.7 Å². The summed E-state index contributed by atoms with van der Waals surface area (Å²) in [4.78, 5) is 4.56. The van der Waals surface area contributed by atoms with Crippen LogP contribution in [0.15, 0.2) is 42.5 Å². The topological polar surface area (TPSA) is 50.3 Å². The molecule has 2 heterocycles. The molecule has 8 heteroatoms. The van der Waals surface area contributed by atoms with Gasteiger partial charge in [-0.1, -0.05) is 18.2 Å². The third kappa shape index (κ3) is 4.24. The average molecular weight is 384 g/mol. The largest absolute Gasteiger partial charge is 0.416 e. The molecule has 1 aliphatic rings. The molecule has 2 aromatic rings. The summed E-state index contributed by atoms with van der Waals surface area (Å²) >= 11 is 0. The molecule has 1 fully saturated rings. The molecule has 1 atom stereocenters. The van der Waals surface area contributed by atoms with E-state index in [0.29, 0.717) is 36.3 Å². The molecule has 1 saturated heterocycles. The van der Waals surface area contributed by atoms with Crippen LogP contribution in [0.5, 0.6) is 0 Å². The number of hydrogen-bond acceptors (Lipinski definition) is 3. The van der Waals surface area contributed by atoms with Crippen LogP contribution in [0.3, 0.4) is 0 Å². The van der Waals surface area contributed by atoms with Gasteiger partial charge in [-0.25, -0.2) is 8.42 Å². The molecule has 0 spiro atoms. The zero-order chi connectivity index (χ0) is 18.9. The van der Waals surface area contributed by atoms with Crippen LogP contribution in [0.2, 0.25) is 0 Å². The highest BCUT2D eigenvalue weighted by Gasteiger charge is 2.33. The van der Waals surface area contributed by atoms with Gasteiger partial charge in [-0.15, -0.1) is 0 Å². The van der Waals surface area contributed by atoms with Crippen molar-refractivity contribution in [3.8, 4) is 0 Å². The fourth-order valence-corrected chi connectivity index (χ4v) is 4.37. The Labute approximate surface area is 150 Å². The van der Waals surface area contributed by atoms with Gasteiger partial charge in [0.15, 0.2) is 0 Å². The van der Waals surface area contributed by atoms with Crippen molar-refractivity contribution in [3.63, 3.8) is 0 Å². The zero-order valence-electron chi connectivity index (χ0n) is 14.2. The third-order valence-corrected chi connectivity index (χ3v) is 5.75. The van der Waals surface area contributed by atoms with Gasteiger partial charge in [0.05, 0.1) is 23.6 Å². The van der Waals surface area contributed by atoms with Gasteiger partial charge in [-0.2, -0.15) is 17.5 Å². The smallest absolute Gasteiger partial charge is 0.256 e. The summed E-state index contributed by atoms with van der Waals surface area (Å²) in [7, 11) is -3.30. The highest BCUT2D eigenvalue weighted by Crippen LogP contribution is 2.33. The summed E-state index contributed by atoms with van der Waals surface area (Å²) in [5.41, 5.74) is 1.41. The highest BCUT2D eigenvalue weighted by atomic mass is 32.2.